The molecule has 1 aliphatic rings. The van der Waals surface area contributed by atoms with Crippen LogP contribution in [0.4, 0.5) is 0 Å². The fourth-order valence-electron chi connectivity index (χ4n) is 2.51. The zero-order chi connectivity index (χ0) is 13.1. The Hall–Kier alpha value is -1.47. The molecule has 98 valence electrons. The molecule has 0 radical (unpaired) electrons. The van der Waals surface area contributed by atoms with Gasteiger partial charge in [0.15, 0.2) is 0 Å². The smallest absolute Gasteiger partial charge is 0.120 e. The minimum absolute atomic E-state index is 0.622. The summed E-state index contributed by atoms with van der Waals surface area (Å²) in [7, 11) is 0. The number of hydrogen-bond donors (Lipinski definition) is 0. The Bertz CT molecular complexity index is 615. The van der Waals surface area contributed by atoms with Crippen molar-refractivity contribution in [1.29, 1.82) is 0 Å². The highest BCUT2D eigenvalue weighted by Crippen LogP contribution is 2.28. The van der Waals surface area contributed by atoms with Crippen molar-refractivity contribution in [2.24, 2.45) is 0 Å². The van der Waals surface area contributed by atoms with E-state index < -0.39 is 0 Å². The summed E-state index contributed by atoms with van der Waals surface area (Å²) in [4.78, 5) is 0. The second-order valence-corrected chi connectivity index (χ2v) is 5.47. The van der Waals surface area contributed by atoms with Crippen molar-refractivity contribution in [3.63, 3.8) is 0 Å². The van der Waals surface area contributed by atoms with Crippen LogP contribution in [0.5, 0.6) is 5.75 Å². The van der Waals surface area contributed by atoms with Crippen molar-refractivity contribution in [3.05, 3.63) is 53.1 Å². The van der Waals surface area contributed by atoms with Crippen molar-refractivity contribution >= 4 is 22.4 Å². The molecule has 0 saturated heterocycles. The molecule has 0 spiro atoms. The zero-order valence-electron chi connectivity index (χ0n) is 10.9. The summed E-state index contributed by atoms with van der Waals surface area (Å²) in [5.74, 6) is 0.918. The Labute approximate surface area is 118 Å². The largest absolute Gasteiger partial charge is 0.489 e. The maximum Gasteiger partial charge on any atom is 0.120 e. The molecule has 2 heteroatoms. The molecule has 2 aromatic carbocycles. The fraction of sp³-hybridized carbons (Fsp3) is 0.294. The monoisotopic (exact) mass is 272 g/mol. The SMILES string of the molecule is ClC1=C(COc2ccc3ccccc3c2)CCCC1. The van der Waals surface area contributed by atoms with Crippen LogP contribution in [0.2, 0.25) is 0 Å². The highest BCUT2D eigenvalue weighted by molar-refractivity contribution is 6.30. The van der Waals surface area contributed by atoms with E-state index in [-0.39, 0.29) is 0 Å². The lowest BCUT2D eigenvalue weighted by Gasteiger charge is -2.16. The van der Waals surface area contributed by atoms with Crippen LogP contribution in [0.3, 0.4) is 0 Å². The Morgan fingerprint density at radius 3 is 2.58 bits per heavy atom. The summed E-state index contributed by atoms with van der Waals surface area (Å²) >= 11 is 6.24. The summed E-state index contributed by atoms with van der Waals surface area (Å²) in [5, 5.41) is 3.46. The lowest BCUT2D eigenvalue weighted by molar-refractivity contribution is 0.343. The highest BCUT2D eigenvalue weighted by atomic mass is 35.5. The Kier molecular flexibility index (Phi) is 3.74. The number of halogens is 1. The maximum atomic E-state index is 6.24. The molecular weight excluding hydrogens is 256 g/mol. The molecule has 0 amide bonds. The summed E-state index contributed by atoms with van der Waals surface area (Å²) < 4.78 is 5.88. The summed E-state index contributed by atoms with van der Waals surface area (Å²) in [6.45, 7) is 0.622. The van der Waals surface area contributed by atoms with Crippen LogP contribution < -0.4 is 4.74 Å². The van der Waals surface area contributed by atoms with E-state index in [2.05, 4.69) is 30.3 Å². The second-order valence-electron chi connectivity index (χ2n) is 5.01. The highest BCUT2D eigenvalue weighted by Gasteiger charge is 2.11. The predicted octanol–water partition coefficient (Wildman–Crippen LogP) is 5.29. The Balaban J connectivity index is 1.75. The molecule has 0 unspecified atom stereocenters. The number of rotatable bonds is 3. The molecule has 0 aliphatic heterocycles. The van der Waals surface area contributed by atoms with E-state index in [1.165, 1.54) is 29.2 Å². The van der Waals surface area contributed by atoms with Crippen LogP contribution in [0, 0.1) is 0 Å². The molecule has 19 heavy (non-hydrogen) atoms. The molecule has 0 heterocycles. The minimum atomic E-state index is 0.622. The maximum absolute atomic E-state index is 6.24. The van der Waals surface area contributed by atoms with Gasteiger partial charge in [-0.25, -0.2) is 0 Å². The molecule has 0 saturated carbocycles. The Morgan fingerprint density at radius 1 is 0.947 bits per heavy atom. The standard InChI is InChI=1S/C17H17ClO/c18-17-8-4-3-7-15(17)12-19-16-10-9-13-5-1-2-6-14(13)11-16/h1-2,5-6,9-11H,3-4,7-8,12H2. The van der Waals surface area contributed by atoms with E-state index in [1.807, 2.05) is 12.1 Å². The fourth-order valence-corrected chi connectivity index (χ4v) is 2.79. The van der Waals surface area contributed by atoms with Gasteiger partial charge in [0.2, 0.25) is 0 Å². The van der Waals surface area contributed by atoms with Crippen LogP contribution in [-0.4, -0.2) is 6.61 Å². The first-order valence-corrected chi connectivity index (χ1v) is 7.19. The predicted molar refractivity (Wildman–Crippen MR) is 80.8 cm³/mol. The minimum Gasteiger partial charge on any atom is -0.489 e. The van der Waals surface area contributed by atoms with E-state index in [9.17, 15) is 0 Å². The van der Waals surface area contributed by atoms with E-state index in [0.717, 1.165) is 23.6 Å². The molecule has 2 aromatic rings. The van der Waals surface area contributed by atoms with Gasteiger partial charge in [0.05, 0.1) is 0 Å². The first kappa shape index (κ1) is 12.6. The molecule has 1 aliphatic carbocycles. The summed E-state index contributed by atoms with van der Waals surface area (Å²) in [6.07, 6.45) is 4.52. The van der Waals surface area contributed by atoms with Gasteiger partial charge < -0.3 is 4.74 Å². The van der Waals surface area contributed by atoms with Crippen molar-refractivity contribution in [2.45, 2.75) is 25.7 Å². The van der Waals surface area contributed by atoms with Crippen molar-refractivity contribution < 1.29 is 4.74 Å². The number of hydrogen-bond acceptors (Lipinski definition) is 1. The van der Waals surface area contributed by atoms with Crippen LogP contribution >= 0.6 is 11.6 Å². The molecular formula is C17H17ClO. The van der Waals surface area contributed by atoms with Crippen molar-refractivity contribution in [3.8, 4) is 5.75 Å². The molecule has 0 N–H and O–H groups in total. The molecule has 3 rings (SSSR count). The first-order chi connectivity index (χ1) is 9.33. The lowest BCUT2D eigenvalue weighted by Crippen LogP contribution is -2.06. The number of ether oxygens (including phenoxy) is 1. The lowest BCUT2D eigenvalue weighted by atomic mass is 10.00. The molecule has 1 nitrogen and oxygen atoms in total. The van der Waals surface area contributed by atoms with Crippen molar-refractivity contribution in [1.82, 2.24) is 0 Å². The average Bonchev–Trinajstić information content (AvgIpc) is 2.46. The number of fused-ring (bicyclic) bond motifs is 1. The van der Waals surface area contributed by atoms with E-state index >= 15 is 0 Å². The van der Waals surface area contributed by atoms with Gasteiger partial charge in [-0.2, -0.15) is 0 Å². The molecule has 0 fully saturated rings. The third kappa shape index (κ3) is 2.93. The van der Waals surface area contributed by atoms with Gasteiger partial charge in [0.25, 0.3) is 0 Å². The van der Waals surface area contributed by atoms with Crippen LogP contribution in [-0.2, 0) is 0 Å². The summed E-state index contributed by atoms with van der Waals surface area (Å²) in [6, 6.07) is 14.5. The quantitative estimate of drug-likeness (QED) is 0.738. The molecule has 0 atom stereocenters. The molecule has 0 aromatic heterocycles. The van der Waals surface area contributed by atoms with Gasteiger partial charge >= 0.3 is 0 Å². The first-order valence-electron chi connectivity index (χ1n) is 6.81. The second kappa shape index (κ2) is 5.66. The Morgan fingerprint density at radius 2 is 1.74 bits per heavy atom. The summed E-state index contributed by atoms with van der Waals surface area (Å²) in [5.41, 5.74) is 1.26. The van der Waals surface area contributed by atoms with Gasteiger partial charge in [-0.3, -0.25) is 0 Å². The topological polar surface area (TPSA) is 9.23 Å². The zero-order valence-corrected chi connectivity index (χ0v) is 11.6. The normalized spacial score (nSPS) is 15.8. The van der Waals surface area contributed by atoms with E-state index in [1.54, 1.807) is 0 Å². The van der Waals surface area contributed by atoms with Crippen LogP contribution in [0.25, 0.3) is 10.8 Å². The van der Waals surface area contributed by atoms with E-state index in [0.29, 0.717) is 6.61 Å². The number of benzene rings is 2. The number of allylic oxidation sites excluding steroid dienone is 1. The van der Waals surface area contributed by atoms with Gasteiger partial charge in [-0.1, -0.05) is 41.9 Å². The van der Waals surface area contributed by atoms with Gasteiger partial charge in [0.1, 0.15) is 12.4 Å². The van der Waals surface area contributed by atoms with E-state index in [4.69, 9.17) is 16.3 Å². The van der Waals surface area contributed by atoms with Gasteiger partial charge in [0, 0.05) is 5.03 Å². The van der Waals surface area contributed by atoms with Gasteiger partial charge in [-0.15, -0.1) is 0 Å². The van der Waals surface area contributed by atoms with Crippen LogP contribution in [0.15, 0.2) is 53.1 Å². The van der Waals surface area contributed by atoms with Crippen molar-refractivity contribution in [2.75, 3.05) is 6.61 Å². The molecule has 0 bridgehead atoms. The third-order valence-electron chi connectivity index (χ3n) is 3.64. The van der Waals surface area contributed by atoms with Crippen LogP contribution in [0.1, 0.15) is 25.7 Å². The average molecular weight is 273 g/mol. The van der Waals surface area contributed by atoms with Gasteiger partial charge in [-0.05, 0) is 54.2 Å². The third-order valence-corrected chi connectivity index (χ3v) is 4.10.